The van der Waals surface area contributed by atoms with Gasteiger partial charge in [0.1, 0.15) is 16.6 Å². The van der Waals surface area contributed by atoms with Gasteiger partial charge in [-0.25, -0.2) is 9.00 Å². The molecule has 0 heterocycles. The summed E-state index contributed by atoms with van der Waals surface area (Å²) in [6.45, 7) is 10.0. The van der Waals surface area contributed by atoms with Gasteiger partial charge < -0.3 is 4.74 Å². The van der Waals surface area contributed by atoms with Crippen molar-refractivity contribution in [3.8, 4) is 0 Å². The van der Waals surface area contributed by atoms with E-state index in [0.717, 1.165) is 18.3 Å². The Kier molecular flexibility index (Phi) is 6.62. The van der Waals surface area contributed by atoms with Crippen LogP contribution in [0.2, 0.25) is 0 Å². The summed E-state index contributed by atoms with van der Waals surface area (Å²) < 4.78 is 59.4. The molecule has 0 bridgehead atoms. The van der Waals surface area contributed by atoms with Crippen LogP contribution in [0.25, 0.3) is 0 Å². The highest BCUT2D eigenvalue weighted by atomic mass is 32.2. The number of hydrogen-bond donors (Lipinski definition) is 1. The van der Waals surface area contributed by atoms with E-state index in [4.69, 9.17) is 4.74 Å². The van der Waals surface area contributed by atoms with Crippen molar-refractivity contribution in [2.45, 2.75) is 58.1 Å². The zero-order chi connectivity index (χ0) is 20.3. The summed E-state index contributed by atoms with van der Waals surface area (Å²) in [5.74, 6) is 0. The number of rotatable bonds is 3. The minimum atomic E-state index is -4.61. The summed E-state index contributed by atoms with van der Waals surface area (Å²) in [7, 11) is -1.62. The van der Waals surface area contributed by atoms with Gasteiger partial charge in [0.25, 0.3) is 0 Å². The number of benzene rings is 1. The third-order valence-electron chi connectivity index (χ3n) is 2.75. The molecule has 1 atom stereocenters. The van der Waals surface area contributed by atoms with Gasteiger partial charge in [-0.2, -0.15) is 17.6 Å². The van der Waals surface area contributed by atoms with Gasteiger partial charge in [-0.05, 0) is 65.3 Å². The monoisotopic (exact) mass is 392 g/mol. The van der Waals surface area contributed by atoms with Crippen molar-refractivity contribution in [1.82, 2.24) is 0 Å². The van der Waals surface area contributed by atoms with Crippen LogP contribution in [-0.4, -0.2) is 26.9 Å². The third-order valence-corrected chi connectivity index (χ3v) is 4.09. The second-order valence-corrected chi connectivity index (χ2v) is 9.50. The van der Waals surface area contributed by atoms with Crippen LogP contribution >= 0.6 is 0 Å². The van der Waals surface area contributed by atoms with Gasteiger partial charge in [0.2, 0.25) is 0 Å². The Balaban J connectivity index is 3.18. The maximum absolute atomic E-state index is 13.1. The highest BCUT2D eigenvalue weighted by Gasteiger charge is 2.31. The van der Waals surface area contributed by atoms with E-state index >= 15 is 0 Å². The van der Waals surface area contributed by atoms with Gasteiger partial charge in [-0.3, -0.25) is 5.32 Å². The zero-order valence-corrected chi connectivity index (χ0v) is 16.3. The highest BCUT2D eigenvalue weighted by Crippen LogP contribution is 2.32. The number of carbonyl (C=O) groups is 1. The predicted molar refractivity (Wildman–Crippen MR) is 96.8 cm³/mol. The lowest BCUT2D eigenvalue weighted by atomic mass is 10.1. The van der Waals surface area contributed by atoms with Crippen molar-refractivity contribution in [3.63, 3.8) is 0 Å². The number of anilines is 1. The molecular weight excluding hydrogens is 369 g/mol. The van der Waals surface area contributed by atoms with Crippen molar-refractivity contribution in [2.75, 3.05) is 5.32 Å². The van der Waals surface area contributed by atoms with Crippen LogP contribution < -0.4 is 5.32 Å². The molecule has 1 aromatic carbocycles. The number of alkyl halides is 3. The molecule has 5 nitrogen and oxygen atoms in total. The predicted octanol–water partition coefficient (Wildman–Crippen LogP) is 4.93. The first-order valence-corrected chi connectivity index (χ1v) is 8.87. The second-order valence-electron chi connectivity index (χ2n) is 7.56. The fourth-order valence-corrected chi connectivity index (χ4v) is 2.18. The molecule has 1 rings (SSSR count). The summed E-state index contributed by atoms with van der Waals surface area (Å²) in [6.07, 6.45) is -4.40. The van der Waals surface area contributed by atoms with E-state index in [1.807, 2.05) is 0 Å². The lowest BCUT2D eigenvalue weighted by Gasteiger charge is -2.20. The van der Waals surface area contributed by atoms with Crippen LogP contribution in [-0.2, 0) is 21.9 Å². The lowest BCUT2D eigenvalue weighted by Crippen LogP contribution is -2.27. The van der Waals surface area contributed by atoms with Gasteiger partial charge in [0, 0.05) is 11.9 Å². The first-order chi connectivity index (χ1) is 11.6. The summed E-state index contributed by atoms with van der Waals surface area (Å²) in [6, 6.07) is 2.95. The van der Waals surface area contributed by atoms with Crippen LogP contribution in [0.5, 0.6) is 0 Å². The largest absolute Gasteiger partial charge is 0.444 e. The average Bonchev–Trinajstić information content (AvgIpc) is 2.40. The summed E-state index contributed by atoms with van der Waals surface area (Å²) in [4.78, 5) is 11.8. The summed E-state index contributed by atoms with van der Waals surface area (Å²) in [5, 5.41) is 2.27. The smallest absolute Gasteiger partial charge is 0.416 e. The SMILES string of the molecule is CC(C)(C)OC(=O)Nc1cc(C=N[S@@](=O)C(C)(C)C)cc(C(F)(F)F)c1. The average molecular weight is 392 g/mol. The lowest BCUT2D eigenvalue weighted by molar-refractivity contribution is -0.137. The Morgan fingerprint density at radius 2 is 1.69 bits per heavy atom. The van der Waals surface area contributed by atoms with Crippen LogP contribution in [0.4, 0.5) is 23.7 Å². The van der Waals surface area contributed by atoms with Gasteiger partial charge in [0.05, 0.1) is 10.3 Å². The fourth-order valence-electron chi connectivity index (χ4n) is 1.65. The molecule has 0 saturated carbocycles. The molecule has 0 aliphatic rings. The van der Waals surface area contributed by atoms with E-state index < -0.39 is 39.2 Å². The highest BCUT2D eigenvalue weighted by molar-refractivity contribution is 7.85. The Labute approximate surface area is 153 Å². The second kappa shape index (κ2) is 7.77. The van der Waals surface area contributed by atoms with Gasteiger partial charge in [0.15, 0.2) is 0 Å². The molecule has 26 heavy (non-hydrogen) atoms. The number of ether oxygens (including phenoxy) is 1. The molecule has 1 amide bonds. The normalized spacial score (nSPS) is 14.3. The van der Waals surface area contributed by atoms with Gasteiger partial charge in [-0.15, -0.1) is 0 Å². The first-order valence-electron chi connectivity index (χ1n) is 7.76. The molecule has 0 fully saturated rings. The first kappa shape index (κ1) is 22.1. The van der Waals surface area contributed by atoms with Crippen molar-refractivity contribution in [2.24, 2.45) is 4.40 Å². The fraction of sp³-hybridized carbons (Fsp3) is 0.529. The summed E-state index contributed by atoms with van der Waals surface area (Å²) >= 11 is 0. The molecule has 0 aliphatic heterocycles. The maximum atomic E-state index is 13.1. The maximum Gasteiger partial charge on any atom is 0.416 e. The standard InChI is InChI=1S/C17H23F3N2O3S/c1-15(2,3)25-14(23)22-13-8-11(7-12(9-13)17(18,19)20)10-21-26(24)16(4,5)6/h7-10H,1-6H3,(H,22,23)/t26-/m0/s1. The Bertz CT molecular complexity index is 717. The van der Waals surface area contributed by atoms with Crippen LogP contribution in [0.1, 0.15) is 52.7 Å². The number of carbonyl (C=O) groups excluding carboxylic acids is 1. The molecular formula is C17H23F3N2O3S. The molecule has 0 aromatic heterocycles. The van der Waals surface area contributed by atoms with E-state index in [9.17, 15) is 22.2 Å². The van der Waals surface area contributed by atoms with E-state index in [0.29, 0.717) is 0 Å². The molecule has 1 N–H and O–H groups in total. The van der Waals surface area contributed by atoms with Gasteiger partial charge in [-0.1, -0.05) is 0 Å². The van der Waals surface area contributed by atoms with Crippen molar-refractivity contribution in [1.29, 1.82) is 0 Å². The van der Waals surface area contributed by atoms with E-state index in [-0.39, 0.29) is 11.3 Å². The summed E-state index contributed by atoms with van der Waals surface area (Å²) in [5.41, 5.74) is -1.80. The molecule has 0 aliphatic carbocycles. The van der Waals surface area contributed by atoms with Crippen molar-refractivity contribution >= 4 is 29.0 Å². The molecule has 0 spiro atoms. The van der Waals surface area contributed by atoms with Gasteiger partial charge >= 0.3 is 12.3 Å². The van der Waals surface area contributed by atoms with Crippen LogP contribution in [0.15, 0.2) is 22.6 Å². The molecule has 1 aromatic rings. The molecule has 146 valence electrons. The number of nitrogens with one attached hydrogen (secondary N) is 1. The Morgan fingerprint density at radius 1 is 1.12 bits per heavy atom. The quantitative estimate of drug-likeness (QED) is 0.742. The molecule has 9 heteroatoms. The molecule has 0 saturated heterocycles. The van der Waals surface area contributed by atoms with E-state index in [1.54, 1.807) is 41.5 Å². The molecule has 0 unspecified atom stereocenters. The third kappa shape index (κ3) is 7.55. The van der Waals surface area contributed by atoms with Crippen LogP contribution in [0, 0.1) is 0 Å². The zero-order valence-electron chi connectivity index (χ0n) is 15.5. The number of amides is 1. The van der Waals surface area contributed by atoms with Crippen molar-refractivity contribution < 1.29 is 26.9 Å². The number of halogens is 3. The number of nitrogens with zero attached hydrogens (tertiary/aromatic N) is 1. The Morgan fingerprint density at radius 3 is 2.15 bits per heavy atom. The topological polar surface area (TPSA) is 67.8 Å². The minimum Gasteiger partial charge on any atom is -0.444 e. The van der Waals surface area contributed by atoms with E-state index in [1.165, 1.54) is 6.07 Å². The van der Waals surface area contributed by atoms with E-state index in [2.05, 4.69) is 9.71 Å². The van der Waals surface area contributed by atoms with Crippen LogP contribution in [0.3, 0.4) is 0 Å². The Hall–Kier alpha value is -1.90. The minimum absolute atomic E-state index is 0.0588. The number of hydrogen-bond acceptors (Lipinski definition) is 3. The molecule has 0 radical (unpaired) electrons. The van der Waals surface area contributed by atoms with Crippen molar-refractivity contribution in [3.05, 3.63) is 29.3 Å².